The lowest BCUT2D eigenvalue weighted by Crippen LogP contribution is -2.37. The van der Waals surface area contributed by atoms with Gasteiger partial charge in [-0.15, -0.1) is 0 Å². The zero-order valence-electron chi connectivity index (χ0n) is 45.3. The van der Waals surface area contributed by atoms with Gasteiger partial charge in [-0.05, 0) is 38.5 Å². The molecule has 0 saturated carbocycles. The summed E-state index contributed by atoms with van der Waals surface area (Å²) in [4.78, 5) is 30.7. The molecule has 0 radical (unpaired) electrons. The first kappa shape index (κ1) is 73.0. The number of carbonyl (C=O) groups is 3. The maximum Gasteiger partial charge on any atom is 0.327 e. The average molecular weight is 984 g/mol. The molecule has 0 spiro atoms. The molecule has 0 saturated heterocycles. The molecule has 69 heavy (non-hydrogen) atoms. The molecule has 0 aromatic carbocycles. The van der Waals surface area contributed by atoms with E-state index in [1.54, 1.807) is 18.2 Å². The first-order chi connectivity index (χ1) is 33.6. The summed E-state index contributed by atoms with van der Waals surface area (Å²) in [6, 6.07) is 0. The molecule has 0 aliphatic rings. The van der Waals surface area contributed by atoms with Crippen LogP contribution in [-0.2, 0) is 14.4 Å². The molecule has 7 N–H and O–H groups in total. The molecule has 10 nitrogen and oxygen atoms in total. The number of carboxylic acids is 3. The zero-order chi connectivity index (χ0) is 52.0. The largest absolute Gasteiger partial charge is 0.478 e. The molecule has 410 valence electrons. The summed E-state index contributed by atoms with van der Waals surface area (Å²) in [7, 11) is 0. The number of carboxylic acid groups (broad SMARTS) is 3. The van der Waals surface area contributed by atoms with Crippen LogP contribution in [0, 0.1) is 5.41 Å². The summed E-state index contributed by atoms with van der Waals surface area (Å²) in [5, 5.41) is 59.3. The zero-order valence-corrected chi connectivity index (χ0v) is 45.3. The van der Waals surface area contributed by atoms with Crippen LogP contribution in [0.25, 0.3) is 0 Å². The Hall–Kier alpha value is -2.53. The number of allylic oxidation sites excluding steroid dienone is 3. The lowest BCUT2D eigenvalue weighted by molar-refractivity contribution is -0.132. The summed E-state index contributed by atoms with van der Waals surface area (Å²) in [6.45, 7) is 5.17. The predicted octanol–water partition coefficient (Wildman–Crippen LogP) is 16.3. The maximum atomic E-state index is 10.2. The maximum absolute atomic E-state index is 10.2. The molecule has 10 heteroatoms. The highest BCUT2D eigenvalue weighted by molar-refractivity contribution is 5.80. The van der Waals surface area contributed by atoms with Crippen LogP contribution in [-0.4, -0.2) is 80.1 Å². The van der Waals surface area contributed by atoms with E-state index in [2.05, 4.69) is 20.8 Å². The van der Waals surface area contributed by atoms with Crippen molar-refractivity contribution in [1.29, 1.82) is 0 Å². The van der Waals surface area contributed by atoms with Crippen molar-refractivity contribution in [3.8, 4) is 0 Å². The van der Waals surface area contributed by atoms with Gasteiger partial charge in [0.2, 0.25) is 0 Å². The van der Waals surface area contributed by atoms with Crippen molar-refractivity contribution in [1.82, 2.24) is 0 Å². The van der Waals surface area contributed by atoms with E-state index in [9.17, 15) is 14.4 Å². The molecule has 0 aliphatic carbocycles. The smallest absolute Gasteiger partial charge is 0.327 e. The van der Waals surface area contributed by atoms with Gasteiger partial charge in [0, 0.05) is 18.2 Å². The summed E-state index contributed by atoms with van der Waals surface area (Å²) in [5.74, 6) is -2.50. The fourth-order valence-electron chi connectivity index (χ4n) is 7.69. The number of unbranched alkanes of at least 4 members (excludes halogenated alkanes) is 39. The quantitative estimate of drug-likeness (QED) is 0.0228. The summed E-state index contributed by atoms with van der Waals surface area (Å²) in [5.41, 5.74) is -1.11. The SMILES string of the molecule is CCCCCCCCCCCCCCCC=CC(=O)O.CCCCCCCCCCCCCCCC=CC(=O)O.CCCCCCCCCCCCCCCC=CC(=O)O.OCC(CO)(CO)CO. The topological polar surface area (TPSA) is 193 Å². The Morgan fingerprint density at radius 2 is 0.420 bits per heavy atom. The van der Waals surface area contributed by atoms with Gasteiger partial charge in [-0.1, -0.05) is 270 Å². The standard InChI is InChI=1S/3C18H34O2.C5H12O4/c3*1-2-3-4-5-6-7-8-9-10-11-12-13-14-15-16-17-18(19)20;6-1-5(2-7,3-8)4-9/h3*16-17H,2-15H2,1H3,(H,19,20);6-9H,1-4H2. The van der Waals surface area contributed by atoms with Gasteiger partial charge in [0.25, 0.3) is 0 Å². The Kier molecular flexibility index (Phi) is 69.3. The Labute approximate surface area is 425 Å². The van der Waals surface area contributed by atoms with Crippen molar-refractivity contribution < 1.29 is 50.1 Å². The Morgan fingerprint density at radius 3 is 0.536 bits per heavy atom. The van der Waals surface area contributed by atoms with Crippen molar-refractivity contribution in [2.45, 2.75) is 290 Å². The van der Waals surface area contributed by atoms with E-state index in [1.807, 2.05) is 0 Å². The van der Waals surface area contributed by atoms with Crippen molar-refractivity contribution in [3.05, 3.63) is 36.5 Å². The molecule has 0 aliphatic heterocycles. The van der Waals surface area contributed by atoms with E-state index in [0.29, 0.717) is 0 Å². The third kappa shape index (κ3) is 72.1. The van der Waals surface area contributed by atoms with Gasteiger partial charge >= 0.3 is 17.9 Å². The van der Waals surface area contributed by atoms with E-state index < -0.39 is 49.8 Å². The van der Waals surface area contributed by atoms with Crippen LogP contribution >= 0.6 is 0 Å². The van der Waals surface area contributed by atoms with Crippen LogP contribution < -0.4 is 0 Å². The third-order valence-electron chi connectivity index (χ3n) is 12.5. The molecule has 0 atom stereocenters. The second-order valence-electron chi connectivity index (χ2n) is 19.4. The van der Waals surface area contributed by atoms with E-state index >= 15 is 0 Å². The van der Waals surface area contributed by atoms with Gasteiger partial charge in [0.15, 0.2) is 0 Å². The van der Waals surface area contributed by atoms with Crippen LogP contribution in [0.5, 0.6) is 0 Å². The summed E-state index contributed by atoms with van der Waals surface area (Å²) in [6.07, 6.45) is 64.7. The van der Waals surface area contributed by atoms with Gasteiger partial charge in [-0.25, -0.2) is 14.4 Å². The number of hydrogen-bond acceptors (Lipinski definition) is 7. The van der Waals surface area contributed by atoms with Gasteiger partial charge in [0.1, 0.15) is 0 Å². The second kappa shape index (κ2) is 65.5. The Morgan fingerprint density at radius 1 is 0.275 bits per heavy atom. The molecule has 0 bridgehead atoms. The first-order valence-corrected chi connectivity index (χ1v) is 28.7. The van der Waals surface area contributed by atoms with Gasteiger partial charge in [0.05, 0.1) is 31.8 Å². The molecule has 0 aromatic rings. The van der Waals surface area contributed by atoms with Crippen molar-refractivity contribution in [2.24, 2.45) is 5.41 Å². The van der Waals surface area contributed by atoms with Crippen molar-refractivity contribution in [3.63, 3.8) is 0 Å². The molecular weight excluding hydrogens is 869 g/mol. The number of rotatable bonds is 49. The minimum absolute atomic E-state index is 0.406. The minimum Gasteiger partial charge on any atom is -0.478 e. The summed E-state index contributed by atoms with van der Waals surface area (Å²) < 4.78 is 0. The van der Waals surface area contributed by atoms with Crippen LogP contribution in [0.15, 0.2) is 36.5 Å². The summed E-state index contributed by atoms with van der Waals surface area (Å²) >= 11 is 0. The minimum atomic E-state index is -1.11. The van der Waals surface area contributed by atoms with Crippen LogP contribution in [0.3, 0.4) is 0 Å². The third-order valence-corrected chi connectivity index (χ3v) is 12.5. The van der Waals surface area contributed by atoms with E-state index in [1.165, 1.54) is 249 Å². The molecule has 0 aromatic heterocycles. The Bertz CT molecular complexity index is 964. The lowest BCUT2D eigenvalue weighted by atomic mass is 9.93. The second-order valence-corrected chi connectivity index (χ2v) is 19.4. The number of aliphatic hydroxyl groups excluding tert-OH is 4. The molecule has 0 amide bonds. The van der Waals surface area contributed by atoms with E-state index in [0.717, 1.165) is 38.5 Å². The van der Waals surface area contributed by atoms with Gasteiger partial charge in [-0.2, -0.15) is 0 Å². The fraction of sp³-hybridized carbons (Fsp3) is 0.847. The molecule has 0 fully saturated rings. The monoisotopic (exact) mass is 983 g/mol. The average Bonchev–Trinajstić information content (AvgIpc) is 3.34. The lowest BCUT2D eigenvalue weighted by Gasteiger charge is -2.23. The molecule has 0 rings (SSSR count). The highest BCUT2D eigenvalue weighted by Gasteiger charge is 2.26. The number of aliphatic hydroxyl groups is 4. The van der Waals surface area contributed by atoms with Crippen LogP contribution in [0.2, 0.25) is 0 Å². The molecule has 0 unspecified atom stereocenters. The fourth-order valence-corrected chi connectivity index (χ4v) is 7.69. The highest BCUT2D eigenvalue weighted by Crippen LogP contribution is 2.16. The number of aliphatic carboxylic acids is 3. The first-order valence-electron chi connectivity index (χ1n) is 28.7. The predicted molar refractivity (Wildman–Crippen MR) is 292 cm³/mol. The van der Waals surface area contributed by atoms with E-state index in [4.69, 9.17) is 35.7 Å². The van der Waals surface area contributed by atoms with Crippen LogP contribution in [0.4, 0.5) is 0 Å². The van der Waals surface area contributed by atoms with Gasteiger partial charge < -0.3 is 35.7 Å². The van der Waals surface area contributed by atoms with Crippen molar-refractivity contribution >= 4 is 17.9 Å². The molecule has 0 heterocycles. The van der Waals surface area contributed by atoms with Crippen LogP contribution in [0.1, 0.15) is 290 Å². The molecular formula is C59H114O10. The van der Waals surface area contributed by atoms with Gasteiger partial charge in [-0.3, -0.25) is 0 Å². The van der Waals surface area contributed by atoms with E-state index in [-0.39, 0.29) is 0 Å². The normalized spacial score (nSPS) is 11.3. The Balaban J connectivity index is -0.000000421. The van der Waals surface area contributed by atoms with Crippen molar-refractivity contribution in [2.75, 3.05) is 26.4 Å². The highest BCUT2D eigenvalue weighted by atomic mass is 16.4. The number of hydrogen-bond donors (Lipinski definition) is 7.